The van der Waals surface area contributed by atoms with Gasteiger partial charge in [-0.1, -0.05) is 49.9 Å². The molecule has 12 atom stereocenters. The number of ketones is 1. The molecule has 8 rings (SSSR count). The van der Waals surface area contributed by atoms with E-state index in [0.717, 1.165) is 0 Å². The molecule has 0 radical (unpaired) electrons. The monoisotopic (exact) mass is 632 g/mol. The zero-order chi connectivity index (χ0) is 32.8. The predicted octanol–water partition coefficient (Wildman–Crippen LogP) is 2.91. The van der Waals surface area contributed by atoms with Crippen molar-refractivity contribution in [1.29, 1.82) is 0 Å². The number of benzene rings is 2. The fourth-order valence-corrected chi connectivity index (χ4v) is 9.24. The molecule has 11 heteroatoms. The van der Waals surface area contributed by atoms with Crippen LogP contribution in [0.1, 0.15) is 43.6 Å². The number of hydrogen-bond donors (Lipinski definition) is 3. The Balaban J connectivity index is 1.37. The van der Waals surface area contributed by atoms with Gasteiger partial charge >= 0.3 is 11.9 Å². The standard InChI is InChI=1S/C35H36O11/c1-16(2)33-26(42-29(38)19-12-13-21(36)22(15-19)41-6)18(4)34-23-14-17(3)25(37)32(23,40)30(39)31(5)27(43-31)24(34)28(33)44-35(45-33,46-34)20-10-8-7-9-11-20/h7-15,18,23-24,26-28,30,36,39-40H,1H2,2-6H3/t18-,23-,24+,26+,27+,28-,30-,31+,32-,33+,34+,35-/m1/s1. The molecule has 242 valence electrons. The van der Waals surface area contributed by atoms with Gasteiger partial charge in [-0.3, -0.25) is 4.79 Å². The van der Waals surface area contributed by atoms with E-state index in [0.29, 0.717) is 11.1 Å². The number of carbonyl (C=O) groups is 2. The molecule has 3 bridgehead atoms. The number of phenolic OH excluding ortho intramolecular Hbond substituents is 1. The Labute approximate surface area is 265 Å². The van der Waals surface area contributed by atoms with Crippen LogP contribution in [0.2, 0.25) is 0 Å². The van der Waals surface area contributed by atoms with Gasteiger partial charge in [0.15, 0.2) is 28.5 Å². The molecule has 0 aromatic heterocycles. The summed E-state index contributed by atoms with van der Waals surface area (Å²) in [6.45, 7) is 11.2. The number of hydrogen-bond acceptors (Lipinski definition) is 11. The van der Waals surface area contributed by atoms with Crippen LogP contribution in [0, 0.1) is 17.8 Å². The number of ether oxygens (including phenoxy) is 6. The number of rotatable bonds is 5. The summed E-state index contributed by atoms with van der Waals surface area (Å²) in [7, 11) is 1.37. The third-order valence-electron chi connectivity index (χ3n) is 11.5. The van der Waals surface area contributed by atoms with Crippen LogP contribution in [0.25, 0.3) is 0 Å². The number of aliphatic hydroxyl groups is 2. The third-order valence-corrected chi connectivity index (χ3v) is 11.5. The molecule has 2 aromatic rings. The number of Topliss-reactive ketones (excluding diaryl/α,β-unsaturated/α-hetero) is 1. The van der Waals surface area contributed by atoms with Crippen LogP contribution in [0.3, 0.4) is 0 Å². The maximum absolute atomic E-state index is 14.0. The normalized spacial score (nSPS) is 46.0. The summed E-state index contributed by atoms with van der Waals surface area (Å²) >= 11 is 0. The molecule has 2 saturated carbocycles. The van der Waals surface area contributed by atoms with E-state index in [9.17, 15) is 24.9 Å². The van der Waals surface area contributed by atoms with Gasteiger partial charge in [0.25, 0.3) is 0 Å². The summed E-state index contributed by atoms with van der Waals surface area (Å²) in [5.74, 6) is -5.85. The SMILES string of the molecule is C=C(C)[C@@]12O[C@@]3(c4ccccc4)O[C@@H]1[C@@H]1[C@@H]4O[C@]4(C)[C@@H](O)[C@]4(O)C(=O)C(C)=C[C@H]4[C@@]1(O3)[C@H](C)[C@@H]2OC(=O)c1ccc(O)c(OC)c1. The third kappa shape index (κ3) is 3.23. The predicted molar refractivity (Wildman–Crippen MR) is 158 cm³/mol. The van der Waals surface area contributed by atoms with Crippen LogP contribution < -0.4 is 4.74 Å². The molecule has 3 heterocycles. The molecule has 5 fully saturated rings. The molecule has 3 aliphatic heterocycles. The van der Waals surface area contributed by atoms with Gasteiger partial charge in [-0.25, -0.2) is 4.79 Å². The maximum Gasteiger partial charge on any atom is 0.338 e. The molecule has 3 aliphatic carbocycles. The first kappa shape index (κ1) is 29.8. The minimum atomic E-state index is -2.31. The molecule has 0 spiro atoms. The van der Waals surface area contributed by atoms with Crippen molar-refractivity contribution in [2.24, 2.45) is 17.8 Å². The highest BCUT2D eigenvalue weighted by Gasteiger charge is 2.90. The van der Waals surface area contributed by atoms with Gasteiger partial charge in [0, 0.05) is 23.3 Å². The summed E-state index contributed by atoms with van der Waals surface area (Å²) in [6, 6.07) is 13.2. The van der Waals surface area contributed by atoms with E-state index in [1.54, 1.807) is 39.0 Å². The smallest absolute Gasteiger partial charge is 0.338 e. The van der Waals surface area contributed by atoms with Crippen molar-refractivity contribution in [3.8, 4) is 11.5 Å². The van der Waals surface area contributed by atoms with E-state index >= 15 is 0 Å². The van der Waals surface area contributed by atoms with Gasteiger partial charge < -0.3 is 43.7 Å². The van der Waals surface area contributed by atoms with Crippen molar-refractivity contribution >= 4 is 11.8 Å². The second-order valence-corrected chi connectivity index (χ2v) is 13.7. The summed E-state index contributed by atoms with van der Waals surface area (Å²) in [4.78, 5) is 27.8. The Morgan fingerprint density at radius 1 is 1.07 bits per heavy atom. The van der Waals surface area contributed by atoms with Crippen molar-refractivity contribution in [2.45, 2.75) is 80.5 Å². The number of aromatic hydroxyl groups is 1. The maximum atomic E-state index is 14.0. The Bertz CT molecular complexity index is 1740. The number of aliphatic hydroxyl groups excluding tert-OH is 1. The molecule has 11 nitrogen and oxygen atoms in total. The molecule has 6 aliphatic rings. The lowest BCUT2D eigenvalue weighted by Crippen LogP contribution is -2.76. The van der Waals surface area contributed by atoms with Crippen LogP contribution in [-0.4, -0.2) is 81.0 Å². The first-order valence-electron chi connectivity index (χ1n) is 15.4. The molecular weight excluding hydrogens is 596 g/mol. The van der Waals surface area contributed by atoms with Crippen molar-refractivity contribution in [2.75, 3.05) is 7.11 Å². The van der Waals surface area contributed by atoms with Gasteiger partial charge in [-0.05, 0) is 50.1 Å². The van der Waals surface area contributed by atoms with Gasteiger partial charge in [0.2, 0.25) is 0 Å². The first-order valence-corrected chi connectivity index (χ1v) is 15.4. The Kier molecular flexibility index (Phi) is 5.87. The van der Waals surface area contributed by atoms with Gasteiger partial charge in [0.1, 0.15) is 23.9 Å². The van der Waals surface area contributed by atoms with E-state index in [4.69, 9.17) is 28.4 Å². The highest BCUT2D eigenvalue weighted by atomic mass is 16.9. The zero-order valence-electron chi connectivity index (χ0n) is 26.1. The van der Waals surface area contributed by atoms with Crippen LogP contribution in [-0.2, 0) is 34.5 Å². The second kappa shape index (κ2) is 9.06. The fourth-order valence-electron chi connectivity index (χ4n) is 9.24. The molecule has 3 saturated heterocycles. The van der Waals surface area contributed by atoms with E-state index in [2.05, 4.69) is 6.58 Å². The number of carbonyl (C=O) groups excluding carboxylic acids is 2. The lowest BCUT2D eigenvalue weighted by Gasteiger charge is -2.61. The molecular formula is C35H36O11. The number of fused-ring (bicyclic) bond motifs is 3. The van der Waals surface area contributed by atoms with E-state index in [-0.39, 0.29) is 22.6 Å². The second-order valence-electron chi connectivity index (χ2n) is 13.7. The fraction of sp³-hybridized carbons (Fsp3) is 0.486. The minimum absolute atomic E-state index is 0.0874. The van der Waals surface area contributed by atoms with E-state index < -0.39 is 82.3 Å². The van der Waals surface area contributed by atoms with Crippen LogP contribution in [0.4, 0.5) is 0 Å². The van der Waals surface area contributed by atoms with Crippen molar-refractivity contribution < 1.29 is 53.3 Å². The van der Waals surface area contributed by atoms with Crippen LogP contribution in [0.15, 0.2) is 72.3 Å². The van der Waals surface area contributed by atoms with Crippen molar-refractivity contribution in [1.82, 2.24) is 0 Å². The van der Waals surface area contributed by atoms with Crippen LogP contribution in [0.5, 0.6) is 11.5 Å². The van der Waals surface area contributed by atoms with Crippen molar-refractivity contribution in [3.63, 3.8) is 0 Å². The summed E-state index contributed by atoms with van der Waals surface area (Å²) in [5.41, 5.74) is -5.23. The summed E-state index contributed by atoms with van der Waals surface area (Å²) < 4.78 is 38.8. The van der Waals surface area contributed by atoms with Gasteiger partial charge in [0.05, 0.1) is 24.4 Å². The number of epoxide rings is 1. The highest BCUT2D eigenvalue weighted by Crippen LogP contribution is 2.74. The topological polar surface area (TPSA) is 154 Å². The molecule has 0 amide bonds. The van der Waals surface area contributed by atoms with E-state index in [1.165, 1.54) is 25.3 Å². The zero-order valence-corrected chi connectivity index (χ0v) is 26.1. The highest BCUT2D eigenvalue weighted by molar-refractivity contribution is 6.05. The largest absolute Gasteiger partial charge is 0.504 e. The van der Waals surface area contributed by atoms with Gasteiger partial charge in [-0.15, -0.1) is 0 Å². The molecule has 2 aromatic carbocycles. The number of phenols is 1. The van der Waals surface area contributed by atoms with Crippen LogP contribution >= 0.6 is 0 Å². The van der Waals surface area contributed by atoms with Crippen molar-refractivity contribution in [3.05, 3.63) is 83.5 Å². The molecule has 3 N–H and O–H groups in total. The molecule has 46 heavy (non-hydrogen) atoms. The number of methoxy groups -OCH3 is 1. The lowest BCUT2D eigenvalue weighted by molar-refractivity contribution is -0.440. The summed E-state index contributed by atoms with van der Waals surface area (Å²) in [6.07, 6.45) is -2.68. The average Bonchev–Trinajstić information content (AvgIpc) is 3.59. The quantitative estimate of drug-likeness (QED) is 0.253. The average molecular weight is 633 g/mol. The Hall–Kier alpha value is -3.58. The lowest BCUT2D eigenvalue weighted by atomic mass is 9.53. The van der Waals surface area contributed by atoms with E-state index in [1.807, 2.05) is 25.1 Å². The molecule has 0 unspecified atom stereocenters. The van der Waals surface area contributed by atoms with Gasteiger partial charge in [-0.2, -0.15) is 0 Å². The Morgan fingerprint density at radius 3 is 2.46 bits per heavy atom. The summed E-state index contributed by atoms with van der Waals surface area (Å²) in [5, 5.41) is 34.4. The first-order chi connectivity index (χ1) is 21.7. The number of esters is 1. The Morgan fingerprint density at radius 2 is 1.78 bits per heavy atom. The minimum Gasteiger partial charge on any atom is -0.504 e.